The molecule has 3 atom stereocenters. The van der Waals surface area contributed by atoms with E-state index in [1.807, 2.05) is 133 Å². The third-order valence-electron chi connectivity index (χ3n) is 12.0. The first-order valence-corrected chi connectivity index (χ1v) is 21.0. The predicted molar refractivity (Wildman–Crippen MR) is 244 cm³/mol. The van der Waals surface area contributed by atoms with Crippen molar-refractivity contribution in [2.45, 2.75) is 36.0 Å². The monoisotopic (exact) mass is 855 g/mol. The summed E-state index contributed by atoms with van der Waals surface area (Å²) in [7, 11) is 6.60. The summed E-state index contributed by atoms with van der Waals surface area (Å²) < 4.78 is 37.8. The first-order chi connectivity index (χ1) is 31.4. The number of hydrogen-bond acceptors (Lipinski definition) is 11. The van der Waals surface area contributed by atoms with E-state index in [4.69, 9.17) is 43.4 Å². The highest BCUT2D eigenvalue weighted by Gasteiger charge is 2.43. The molecule has 324 valence electrons. The topological polar surface area (TPSA) is 131 Å². The molecule has 0 amide bonds. The van der Waals surface area contributed by atoms with Crippen LogP contribution in [0.15, 0.2) is 170 Å². The number of aliphatic hydroxyl groups is 1. The van der Waals surface area contributed by atoms with Gasteiger partial charge in [0.1, 0.15) is 46.6 Å². The van der Waals surface area contributed by atoms with E-state index in [-0.39, 0.29) is 6.61 Å². The summed E-state index contributed by atoms with van der Waals surface area (Å²) in [5.74, 6) is 3.41. The van der Waals surface area contributed by atoms with E-state index in [9.17, 15) is 5.11 Å². The standard InChI is InChI=1S/C52H49N5O7/c1-59-41-23-15-36(16-24-41)51(35-11-7-5-8-12-35,37-17-25-42(60-2)26-18-37)56-48-47-49(54-33-53-48)57(34-55-47)50-46(58)31-45(64-50)32-63-52(38-13-9-6-10-14-38,39-19-27-43(61-3)28-20-39)40-21-29-44(62-4)30-22-40/h5-30,33-34,45-46,50,58H,31-32H2,1-4H3,(H,53,54,56)/t45-,46-,50+/m0/s1. The summed E-state index contributed by atoms with van der Waals surface area (Å²) in [5, 5.41) is 15.6. The van der Waals surface area contributed by atoms with Gasteiger partial charge in [-0.15, -0.1) is 0 Å². The van der Waals surface area contributed by atoms with Crippen molar-refractivity contribution < 1.29 is 33.5 Å². The smallest absolute Gasteiger partial charge is 0.167 e. The Morgan fingerprint density at radius 1 is 0.578 bits per heavy atom. The van der Waals surface area contributed by atoms with E-state index < -0.39 is 29.6 Å². The van der Waals surface area contributed by atoms with Gasteiger partial charge < -0.3 is 38.8 Å². The van der Waals surface area contributed by atoms with Crippen LogP contribution in [-0.2, 0) is 20.6 Å². The van der Waals surface area contributed by atoms with Crippen LogP contribution in [0, 0.1) is 0 Å². The number of benzene rings is 6. The van der Waals surface area contributed by atoms with Gasteiger partial charge in [0.15, 0.2) is 23.2 Å². The van der Waals surface area contributed by atoms with Crippen LogP contribution in [-0.4, -0.2) is 71.9 Å². The first-order valence-electron chi connectivity index (χ1n) is 21.0. The summed E-state index contributed by atoms with van der Waals surface area (Å²) in [6.45, 7) is 0.151. The lowest BCUT2D eigenvalue weighted by Crippen LogP contribution is -2.38. The molecular formula is C52H49N5O7. The second kappa shape index (κ2) is 18.2. The molecule has 2 N–H and O–H groups in total. The van der Waals surface area contributed by atoms with Crippen LogP contribution >= 0.6 is 0 Å². The van der Waals surface area contributed by atoms with Crippen LogP contribution in [0.2, 0.25) is 0 Å². The van der Waals surface area contributed by atoms with Gasteiger partial charge in [0.25, 0.3) is 0 Å². The van der Waals surface area contributed by atoms with Gasteiger partial charge in [-0.3, -0.25) is 4.57 Å². The van der Waals surface area contributed by atoms with Gasteiger partial charge in [-0.05, 0) is 81.9 Å². The largest absolute Gasteiger partial charge is 0.497 e. The number of aliphatic hydroxyl groups excluding tert-OH is 1. The van der Waals surface area contributed by atoms with E-state index in [0.29, 0.717) is 23.4 Å². The van der Waals surface area contributed by atoms with Gasteiger partial charge in [0.05, 0.1) is 47.5 Å². The molecule has 1 fully saturated rings. The SMILES string of the molecule is COc1ccc(C(Nc2ncnc3c2ncn3[C@@H]2O[C@H](COC(c3ccccc3)(c3ccc(OC)cc3)c3ccc(OC)cc3)C[C@@H]2O)(c2ccccc2)c2ccc(OC)cc2)cc1. The Balaban J connectivity index is 1.06. The third-order valence-corrected chi connectivity index (χ3v) is 12.0. The lowest BCUT2D eigenvalue weighted by atomic mass is 9.77. The number of hydrogen-bond donors (Lipinski definition) is 2. The molecule has 1 aliphatic rings. The normalized spacial score (nSPS) is 16.4. The van der Waals surface area contributed by atoms with Gasteiger partial charge in [-0.1, -0.05) is 109 Å². The van der Waals surface area contributed by atoms with Crippen molar-refractivity contribution in [2.75, 3.05) is 40.4 Å². The molecule has 1 saturated heterocycles. The Kier molecular flexibility index (Phi) is 12.0. The number of rotatable bonds is 16. The Morgan fingerprint density at radius 2 is 1.02 bits per heavy atom. The first kappa shape index (κ1) is 42.1. The second-order valence-corrected chi connectivity index (χ2v) is 15.5. The van der Waals surface area contributed by atoms with E-state index in [1.54, 1.807) is 39.3 Å². The summed E-state index contributed by atoms with van der Waals surface area (Å²) in [6.07, 6.45) is 1.26. The molecule has 0 unspecified atom stereocenters. The van der Waals surface area contributed by atoms with E-state index in [2.05, 4.69) is 29.6 Å². The molecule has 0 radical (unpaired) electrons. The minimum absolute atomic E-state index is 0.151. The lowest BCUT2D eigenvalue weighted by molar-refractivity contribution is -0.0851. The number of ether oxygens (including phenoxy) is 6. The molecule has 64 heavy (non-hydrogen) atoms. The van der Waals surface area contributed by atoms with Crippen molar-refractivity contribution >= 4 is 17.0 Å². The highest BCUT2D eigenvalue weighted by atomic mass is 16.6. The zero-order valence-electron chi connectivity index (χ0n) is 36.0. The predicted octanol–water partition coefficient (Wildman–Crippen LogP) is 8.92. The average molecular weight is 856 g/mol. The van der Waals surface area contributed by atoms with Crippen LogP contribution < -0.4 is 24.3 Å². The van der Waals surface area contributed by atoms with Crippen LogP contribution in [0.25, 0.3) is 11.2 Å². The molecule has 1 aliphatic heterocycles. The third kappa shape index (κ3) is 7.76. The zero-order valence-corrected chi connectivity index (χ0v) is 36.0. The highest BCUT2D eigenvalue weighted by molar-refractivity contribution is 5.84. The Hall–Kier alpha value is -7.25. The summed E-state index contributed by atoms with van der Waals surface area (Å²) in [5.41, 5.74) is 4.52. The fraction of sp³-hybridized carbons (Fsp3) is 0.212. The fourth-order valence-corrected chi connectivity index (χ4v) is 8.77. The van der Waals surface area contributed by atoms with Gasteiger partial charge in [-0.25, -0.2) is 15.0 Å². The molecule has 12 nitrogen and oxygen atoms in total. The Morgan fingerprint density at radius 3 is 1.50 bits per heavy atom. The van der Waals surface area contributed by atoms with Gasteiger partial charge >= 0.3 is 0 Å². The van der Waals surface area contributed by atoms with E-state index in [0.717, 1.165) is 56.4 Å². The molecule has 3 heterocycles. The molecular weight excluding hydrogens is 807 g/mol. The molecule has 8 aromatic rings. The Bertz CT molecular complexity index is 2670. The van der Waals surface area contributed by atoms with Crippen molar-refractivity contribution in [3.63, 3.8) is 0 Å². The molecule has 2 aromatic heterocycles. The van der Waals surface area contributed by atoms with Crippen molar-refractivity contribution in [3.8, 4) is 23.0 Å². The number of anilines is 1. The van der Waals surface area contributed by atoms with E-state index >= 15 is 0 Å². The van der Waals surface area contributed by atoms with Gasteiger partial charge in [-0.2, -0.15) is 0 Å². The van der Waals surface area contributed by atoms with Crippen LogP contribution in [0.1, 0.15) is 46.0 Å². The van der Waals surface area contributed by atoms with Crippen molar-refractivity contribution in [2.24, 2.45) is 0 Å². The van der Waals surface area contributed by atoms with E-state index in [1.165, 1.54) is 6.33 Å². The molecule has 0 spiro atoms. The number of nitrogens with zero attached hydrogens (tertiary/aromatic N) is 4. The van der Waals surface area contributed by atoms with Gasteiger partial charge in [0, 0.05) is 6.42 Å². The lowest BCUT2D eigenvalue weighted by Gasteiger charge is -2.37. The average Bonchev–Trinajstić information content (AvgIpc) is 3.97. The quantitative estimate of drug-likeness (QED) is 0.0904. The number of aromatic nitrogens is 4. The van der Waals surface area contributed by atoms with Crippen LogP contribution in [0.3, 0.4) is 0 Å². The van der Waals surface area contributed by atoms with Crippen molar-refractivity contribution in [3.05, 3.63) is 204 Å². The number of imidazole rings is 1. The van der Waals surface area contributed by atoms with Crippen molar-refractivity contribution in [1.82, 2.24) is 19.5 Å². The number of nitrogens with one attached hydrogen (secondary N) is 1. The number of methoxy groups -OCH3 is 4. The summed E-state index contributed by atoms with van der Waals surface area (Å²) in [6, 6.07) is 52.0. The van der Waals surface area contributed by atoms with Crippen molar-refractivity contribution in [1.29, 1.82) is 0 Å². The molecule has 0 aliphatic carbocycles. The summed E-state index contributed by atoms with van der Waals surface area (Å²) >= 11 is 0. The zero-order chi connectivity index (χ0) is 44.1. The summed E-state index contributed by atoms with van der Waals surface area (Å²) in [4.78, 5) is 14.4. The van der Waals surface area contributed by atoms with Crippen LogP contribution in [0.5, 0.6) is 23.0 Å². The van der Waals surface area contributed by atoms with Crippen LogP contribution in [0.4, 0.5) is 5.82 Å². The Labute approximate surface area is 372 Å². The minimum atomic E-state index is -1.05. The maximum Gasteiger partial charge on any atom is 0.167 e. The minimum Gasteiger partial charge on any atom is -0.497 e. The maximum atomic E-state index is 11.7. The molecule has 0 bridgehead atoms. The molecule has 6 aromatic carbocycles. The highest BCUT2D eigenvalue weighted by Crippen LogP contribution is 2.45. The second-order valence-electron chi connectivity index (χ2n) is 15.5. The molecule has 9 rings (SSSR count). The molecule has 0 saturated carbocycles. The maximum absolute atomic E-state index is 11.7. The van der Waals surface area contributed by atoms with Gasteiger partial charge in [0.2, 0.25) is 0 Å². The fourth-order valence-electron chi connectivity index (χ4n) is 8.77. The molecule has 12 heteroatoms. The number of fused-ring (bicyclic) bond motifs is 1.